The van der Waals surface area contributed by atoms with Crippen LogP contribution in [0.15, 0.2) is 24.4 Å². The van der Waals surface area contributed by atoms with Gasteiger partial charge in [0, 0.05) is 23.4 Å². The van der Waals surface area contributed by atoms with E-state index in [0.717, 1.165) is 11.1 Å². The lowest BCUT2D eigenvalue weighted by molar-refractivity contribution is 0.397. The van der Waals surface area contributed by atoms with E-state index in [-0.39, 0.29) is 11.4 Å². The Morgan fingerprint density at radius 2 is 1.95 bits per heavy atom. The largest absolute Gasteiger partial charge is 0.481 e. The van der Waals surface area contributed by atoms with Crippen molar-refractivity contribution in [2.45, 2.75) is 6.42 Å². The van der Waals surface area contributed by atoms with Gasteiger partial charge in [-0.3, -0.25) is 0 Å². The summed E-state index contributed by atoms with van der Waals surface area (Å²) in [6.45, 7) is 0. The fraction of sp³-hybridized carbons (Fsp3) is 0.143. The van der Waals surface area contributed by atoms with Gasteiger partial charge >= 0.3 is 0 Å². The monoisotopic (exact) mass is 326 g/mol. The maximum Gasteiger partial charge on any atom is 0.213 e. The highest BCUT2D eigenvalue weighted by molar-refractivity contribution is 6.49. The molecule has 0 aliphatic carbocycles. The van der Waals surface area contributed by atoms with Crippen LogP contribution >= 0.6 is 34.8 Å². The van der Waals surface area contributed by atoms with Gasteiger partial charge in [-0.2, -0.15) is 5.26 Å². The second-order valence-electron chi connectivity index (χ2n) is 3.94. The van der Waals surface area contributed by atoms with Crippen molar-refractivity contribution in [3.8, 4) is 23.1 Å². The van der Waals surface area contributed by atoms with E-state index < -0.39 is 0 Å². The van der Waals surface area contributed by atoms with Gasteiger partial charge in [0.1, 0.15) is 0 Å². The summed E-state index contributed by atoms with van der Waals surface area (Å²) in [5.41, 5.74) is 2.18. The molecule has 20 heavy (non-hydrogen) atoms. The van der Waals surface area contributed by atoms with Crippen molar-refractivity contribution in [2.75, 3.05) is 7.11 Å². The quantitative estimate of drug-likeness (QED) is 0.762. The van der Waals surface area contributed by atoms with E-state index in [9.17, 15) is 0 Å². The molecule has 0 N–H and O–H groups in total. The summed E-state index contributed by atoms with van der Waals surface area (Å²) in [5, 5.41) is 9.93. The summed E-state index contributed by atoms with van der Waals surface area (Å²) < 4.78 is 5.06. The molecule has 0 saturated heterocycles. The number of rotatable bonds is 3. The smallest absolute Gasteiger partial charge is 0.213 e. The molecule has 0 atom stereocenters. The highest BCUT2D eigenvalue weighted by Crippen LogP contribution is 2.39. The fourth-order valence-corrected chi connectivity index (χ4v) is 2.43. The number of methoxy groups -OCH3 is 1. The minimum atomic E-state index is 0.213. The standard InChI is InChI=1S/C14H9Cl3N2O/c1-20-12-6-8(4-5-18)10(7-19-12)9-2-3-11(15)14(17)13(9)16/h2-3,6-7H,4H2,1H3. The summed E-state index contributed by atoms with van der Waals surface area (Å²) >= 11 is 18.2. The molecule has 0 fully saturated rings. The van der Waals surface area contributed by atoms with Crippen LogP contribution in [0.25, 0.3) is 11.1 Å². The Bertz CT molecular complexity index is 696. The van der Waals surface area contributed by atoms with Crippen LogP contribution in [0, 0.1) is 11.3 Å². The molecule has 3 nitrogen and oxygen atoms in total. The molecule has 102 valence electrons. The third kappa shape index (κ3) is 2.83. The van der Waals surface area contributed by atoms with Crippen LogP contribution in [0.5, 0.6) is 5.88 Å². The molecule has 2 rings (SSSR count). The molecule has 0 unspecified atom stereocenters. The lowest BCUT2D eigenvalue weighted by Crippen LogP contribution is -1.95. The topological polar surface area (TPSA) is 45.9 Å². The molecule has 6 heteroatoms. The number of benzene rings is 1. The molecular formula is C14H9Cl3N2O. The molecule has 0 aliphatic heterocycles. The number of nitriles is 1. The van der Waals surface area contributed by atoms with E-state index in [1.807, 2.05) is 0 Å². The minimum Gasteiger partial charge on any atom is -0.481 e. The average molecular weight is 328 g/mol. The van der Waals surface area contributed by atoms with Gasteiger partial charge in [-0.15, -0.1) is 0 Å². The first-order valence-corrected chi connectivity index (χ1v) is 6.75. The Morgan fingerprint density at radius 3 is 2.60 bits per heavy atom. The highest BCUT2D eigenvalue weighted by Gasteiger charge is 2.14. The van der Waals surface area contributed by atoms with Crippen molar-refractivity contribution < 1.29 is 4.74 Å². The van der Waals surface area contributed by atoms with Crippen LogP contribution in [-0.2, 0) is 6.42 Å². The van der Waals surface area contributed by atoms with Crippen molar-refractivity contribution in [3.05, 3.63) is 45.0 Å². The minimum absolute atomic E-state index is 0.213. The summed E-state index contributed by atoms with van der Waals surface area (Å²) in [7, 11) is 1.52. The van der Waals surface area contributed by atoms with Gasteiger partial charge in [-0.25, -0.2) is 4.98 Å². The number of hydrogen-bond acceptors (Lipinski definition) is 3. The van der Waals surface area contributed by atoms with E-state index in [2.05, 4.69) is 11.1 Å². The van der Waals surface area contributed by atoms with Gasteiger partial charge in [0.15, 0.2) is 0 Å². The van der Waals surface area contributed by atoms with Gasteiger partial charge in [-0.1, -0.05) is 40.9 Å². The molecule has 1 aromatic heterocycles. The van der Waals surface area contributed by atoms with Crippen LogP contribution in [0.2, 0.25) is 15.1 Å². The lowest BCUT2D eigenvalue weighted by atomic mass is 10.00. The van der Waals surface area contributed by atoms with Crippen LogP contribution < -0.4 is 4.74 Å². The van der Waals surface area contributed by atoms with Crippen LogP contribution in [0.1, 0.15) is 5.56 Å². The Balaban J connectivity index is 2.63. The van der Waals surface area contributed by atoms with Crippen molar-refractivity contribution in [1.82, 2.24) is 4.98 Å². The molecule has 2 aromatic rings. The van der Waals surface area contributed by atoms with E-state index >= 15 is 0 Å². The predicted molar refractivity (Wildman–Crippen MR) is 80.6 cm³/mol. The Kier molecular flexibility index (Phi) is 4.72. The molecule has 0 saturated carbocycles. The van der Waals surface area contributed by atoms with Gasteiger partial charge in [0.05, 0.1) is 34.7 Å². The van der Waals surface area contributed by atoms with E-state index in [1.165, 1.54) is 7.11 Å². The maximum absolute atomic E-state index is 8.93. The molecule has 0 amide bonds. The lowest BCUT2D eigenvalue weighted by Gasteiger charge is -2.11. The normalized spacial score (nSPS) is 10.2. The summed E-state index contributed by atoms with van der Waals surface area (Å²) in [5.74, 6) is 0.440. The van der Waals surface area contributed by atoms with Crippen molar-refractivity contribution in [3.63, 3.8) is 0 Å². The second-order valence-corrected chi connectivity index (χ2v) is 5.10. The average Bonchev–Trinajstić information content (AvgIpc) is 2.46. The number of pyridine rings is 1. The summed E-state index contributed by atoms with van der Waals surface area (Å²) in [6, 6.07) is 7.22. The van der Waals surface area contributed by atoms with Crippen LogP contribution in [0.3, 0.4) is 0 Å². The third-order valence-electron chi connectivity index (χ3n) is 2.77. The molecule has 0 radical (unpaired) electrons. The van der Waals surface area contributed by atoms with Crippen molar-refractivity contribution >= 4 is 34.8 Å². The first-order valence-electron chi connectivity index (χ1n) is 5.62. The maximum atomic E-state index is 8.93. The number of nitrogens with zero attached hydrogens (tertiary/aromatic N) is 2. The molecule has 1 aromatic carbocycles. The highest BCUT2D eigenvalue weighted by atomic mass is 35.5. The SMILES string of the molecule is COc1cc(CC#N)c(-c2ccc(Cl)c(Cl)c2Cl)cn1. The van der Waals surface area contributed by atoms with E-state index in [1.54, 1.807) is 24.4 Å². The summed E-state index contributed by atoms with van der Waals surface area (Å²) in [4.78, 5) is 4.14. The zero-order chi connectivity index (χ0) is 14.7. The van der Waals surface area contributed by atoms with Gasteiger partial charge < -0.3 is 4.74 Å². The number of halogens is 3. The van der Waals surface area contributed by atoms with Crippen LogP contribution in [-0.4, -0.2) is 12.1 Å². The number of ether oxygens (including phenoxy) is 1. The van der Waals surface area contributed by atoms with Gasteiger partial charge in [-0.05, 0) is 11.6 Å². The first kappa shape index (κ1) is 14.9. The van der Waals surface area contributed by atoms with Gasteiger partial charge in [0.2, 0.25) is 5.88 Å². The molecule has 1 heterocycles. The van der Waals surface area contributed by atoms with Crippen LogP contribution in [0.4, 0.5) is 0 Å². The number of aromatic nitrogens is 1. The van der Waals surface area contributed by atoms with Crippen molar-refractivity contribution in [1.29, 1.82) is 5.26 Å². The molecule has 0 aliphatic rings. The van der Waals surface area contributed by atoms with Gasteiger partial charge in [0.25, 0.3) is 0 Å². The van der Waals surface area contributed by atoms with Crippen molar-refractivity contribution in [2.24, 2.45) is 0 Å². The van der Waals surface area contributed by atoms with E-state index in [0.29, 0.717) is 21.5 Å². The molecular weight excluding hydrogens is 319 g/mol. The summed E-state index contributed by atoms with van der Waals surface area (Å²) in [6.07, 6.45) is 1.82. The fourth-order valence-electron chi connectivity index (χ4n) is 1.79. The predicted octanol–water partition coefficient (Wildman–Crippen LogP) is 4.78. The Morgan fingerprint density at radius 1 is 1.20 bits per heavy atom. The molecule has 0 spiro atoms. The van der Waals surface area contributed by atoms with E-state index in [4.69, 9.17) is 44.8 Å². The third-order valence-corrected chi connectivity index (χ3v) is 4.06. The zero-order valence-electron chi connectivity index (χ0n) is 10.5. The Hall–Kier alpha value is -1.47. The second kappa shape index (κ2) is 6.32. The Labute approximate surface area is 131 Å². The first-order chi connectivity index (χ1) is 9.58. The zero-order valence-corrected chi connectivity index (χ0v) is 12.7. The molecule has 0 bridgehead atoms. The number of hydrogen-bond donors (Lipinski definition) is 0.